The Morgan fingerprint density at radius 3 is 2.46 bits per heavy atom. The van der Waals surface area contributed by atoms with Crippen molar-refractivity contribution in [3.05, 3.63) is 64.5 Å². The molecule has 3 heterocycles. The summed E-state index contributed by atoms with van der Waals surface area (Å²) in [4.78, 5) is 13.7. The number of aryl methyl sites for hydroxylation is 2. The fraction of sp³-hybridized carbons (Fsp3) is 0.350. The predicted molar refractivity (Wildman–Crippen MR) is 108 cm³/mol. The topological polar surface area (TPSA) is 50.1 Å². The minimum atomic E-state index is -0.306. The first-order valence-electron chi connectivity index (χ1n) is 9.26. The van der Waals surface area contributed by atoms with Crippen LogP contribution in [-0.4, -0.2) is 50.8 Å². The lowest BCUT2D eigenvalue weighted by atomic mass is 10.2. The second-order valence-electron chi connectivity index (χ2n) is 7.07. The van der Waals surface area contributed by atoms with E-state index in [1.54, 1.807) is 18.5 Å². The molecule has 0 aliphatic carbocycles. The fourth-order valence-corrected chi connectivity index (χ4v) is 3.71. The molecular weight excluding hydrogens is 379 g/mol. The first-order valence-corrected chi connectivity index (χ1v) is 9.64. The van der Waals surface area contributed by atoms with Crippen molar-refractivity contribution in [3.8, 4) is 5.82 Å². The number of hydrogen-bond acceptors (Lipinski definition) is 5. The van der Waals surface area contributed by atoms with Crippen LogP contribution in [0.1, 0.15) is 17.0 Å². The number of anilines is 1. The predicted octanol–water partition coefficient (Wildman–Crippen LogP) is 3.39. The van der Waals surface area contributed by atoms with Gasteiger partial charge in [-0.15, -0.1) is 0 Å². The van der Waals surface area contributed by atoms with Gasteiger partial charge in [-0.05, 0) is 37.6 Å². The zero-order valence-electron chi connectivity index (χ0n) is 15.9. The van der Waals surface area contributed by atoms with Gasteiger partial charge >= 0.3 is 0 Å². The Kier molecular flexibility index (Phi) is 5.28. The van der Waals surface area contributed by atoms with Gasteiger partial charge < -0.3 is 4.90 Å². The van der Waals surface area contributed by atoms with E-state index in [0.717, 1.165) is 54.8 Å². The molecule has 1 saturated heterocycles. The molecule has 8 heteroatoms. The molecule has 0 spiro atoms. The smallest absolute Gasteiger partial charge is 0.174 e. The molecule has 0 atom stereocenters. The van der Waals surface area contributed by atoms with Gasteiger partial charge in [-0.3, -0.25) is 9.88 Å². The number of hydrogen-bond donors (Lipinski definition) is 0. The van der Waals surface area contributed by atoms with E-state index in [9.17, 15) is 4.39 Å². The highest BCUT2D eigenvalue weighted by molar-refractivity contribution is 6.31. The van der Waals surface area contributed by atoms with Gasteiger partial charge in [-0.1, -0.05) is 17.7 Å². The maximum atomic E-state index is 13.2. The first kappa shape index (κ1) is 18.8. The number of halogens is 2. The van der Waals surface area contributed by atoms with Gasteiger partial charge in [0.25, 0.3) is 0 Å². The van der Waals surface area contributed by atoms with Crippen molar-refractivity contribution in [3.63, 3.8) is 0 Å². The molecule has 1 aliphatic rings. The third kappa shape index (κ3) is 4.00. The van der Waals surface area contributed by atoms with E-state index in [-0.39, 0.29) is 5.82 Å². The Morgan fingerprint density at radius 1 is 1.04 bits per heavy atom. The molecule has 3 aromatic rings. The summed E-state index contributed by atoms with van der Waals surface area (Å²) in [5.74, 6) is 1.27. The Labute approximate surface area is 168 Å². The normalized spacial score (nSPS) is 15.2. The highest BCUT2D eigenvalue weighted by Gasteiger charge is 2.20. The van der Waals surface area contributed by atoms with E-state index >= 15 is 0 Å². The second-order valence-corrected chi connectivity index (χ2v) is 7.48. The first-order chi connectivity index (χ1) is 13.5. The largest absolute Gasteiger partial charge is 0.353 e. The average molecular weight is 401 g/mol. The Balaban J connectivity index is 1.42. The molecule has 0 N–H and O–H groups in total. The summed E-state index contributed by atoms with van der Waals surface area (Å²) in [5.41, 5.74) is 2.94. The van der Waals surface area contributed by atoms with E-state index in [1.807, 2.05) is 24.6 Å². The molecule has 0 unspecified atom stereocenters. The lowest BCUT2D eigenvalue weighted by molar-refractivity contribution is 0.249. The van der Waals surface area contributed by atoms with Crippen LogP contribution in [0.15, 0.2) is 36.7 Å². The molecule has 0 saturated carbocycles. The van der Waals surface area contributed by atoms with E-state index < -0.39 is 0 Å². The molecule has 0 amide bonds. The highest BCUT2D eigenvalue weighted by Crippen LogP contribution is 2.21. The summed E-state index contributed by atoms with van der Waals surface area (Å²) in [7, 11) is 0. The van der Waals surface area contributed by atoms with E-state index in [1.165, 1.54) is 12.1 Å². The van der Waals surface area contributed by atoms with Crippen molar-refractivity contribution < 1.29 is 4.39 Å². The van der Waals surface area contributed by atoms with Crippen LogP contribution >= 0.6 is 11.6 Å². The average Bonchev–Trinajstić information content (AvgIpc) is 3.03. The van der Waals surface area contributed by atoms with Crippen LogP contribution in [-0.2, 0) is 6.54 Å². The third-order valence-corrected chi connectivity index (χ3v) is 5.29. The summed E-state index contributed by atoms with van der Waals surface area (Å²) >= 11 is 6.16. The van der Waals surface area contributed by atoms with Gasteiger partial charge in [-0.25, -0.2) is 14.1 Å². The van der Waals surface area contributed by atoms with Crippen LogP contribution in [0.5, 0.6) is 0 Å². The van der Waals surface area contributed by atoms with Crippen LogP contribution < -0.4 is 4.90 Å². The van der Waals surface area contributed by atoms with Gasteiger partial charge in [0.05, 0.1) is 18.1 Å². The maximum Gasteiger partial charge on any atom is 0.174 e. The van der Waals surface area contributed by atoms with Crippen molar-refractivity contribution >= 4 is 17.4 Å². The van der Waals surface area contributed by atoms with E-state index in [2.05, 4.69) is 19.9 Å². The van der Waals surface area contributed by atoms with Gasteiger partial charge in [0.2, 0.25) is 0 Å². The Bertz CT molecular complexity index is 981. The highest BCUT2D eigenvalue weighted by atomic mass is 35.5. The summed E-state index contributed by atoms with van der Waals surface area (Å²) in [5, 5.41) is 4.97. The van der Waals surface area contributed by atoms with Crippen LogP contribution in [0, 0.1) is 19.7 Å². The molecular formula is C20H22ClFN6. The van der Waals surface area contributed by atoms with Gasteiger partial charge in [0.1, 0.15) is 11.6 Å². The second kappa shape index (κ2) is 7.85. The molecule has 1 aromatic carbocycles. The number of nitrogens with zero attached hydrogens (tertiary/aromatic N) is 6. The van der Waals surface area contributed by atoms with Gasteiger partial charge in [0.15, 0.2) is 5.82 Å². The quantitative estimate of drug-likeness (QED) is 0.671. The Hall–Kier alpha value is -2.51. The van der Waals surface area contributed by atoms with Crippen molar-refractivity contribution in [2.75, 3.05) is 31.1 Å². The number of aromatic nitrogens is 4. The van der Waals surface area contributed by atoms with Crippen molar-refractivity contribution in [1.82, 2.24) is 24.6 Å². The van der Waals surface area contributed by atoms with Crippen LogP contribution in [0.25, 0.3) is 5.82 Å². The standard InChI is InChI=1S/C20H22ClFN6/c1-14-9-15(2)28(25-14)20-12-23-11-19(24-20)27-7-5-26(6-8-27)13-16-3-4-17(22)10-18(16)21/h3-4,9-12H,5-8,13H2,1-2H3. The van der Waals surface area contributed by atoms with Gasteiger partial charge in [-0.2, -0.15) is 5.10 Å². The minimum Gasteiger partial charge on any atom is -0.353 e. The minimum absolute atomic E-state index is 0.306. The molecule has 6 nitrogen and oxygen atoms in total. The Morgan fingerprint density at radius 2 is 1.79 bits per heavy atom. The number of benzene rings is 1. The molecule has 0 radical (unpaired) electrons. The lowest BCUT2D eigenvalue weighted by Crippen LogP contribution is -2.46. The molecule has 146 valence electrons. The lowest BCUT2D eigenvalue weighted by Gasteiger charge is -2.35. The molecule has 0 bridgehead atoms. The summed E-state index contributed by atoms with van der Waals surface area (Å²) in [6.07, 6.45) is 3.53. The molecule has 28 heavy (non-hydrogen) atoms. The molecule has 4 rings (SSSR count). The molecule has 1 fully saturated rings. The van der Waals surface area contributed by atoms with E-state index in [0.29, 0.717) is 11.6 Å². The number of piperazine rings is 1. The van der Waals surface area contributed by atoms with Gasteiger partial charge in [0, 0.05) is 43.4 Å². The number of rotatable bonds is 4. The monoisotopic (exact) mass is 400 g/mol. The summed E-state index contributed by atoms with van der Waals surface area (Å²) in [6, 6.07) is 6.60. The van der Waals surface area contributed by atoms with Crippen LogP contribution in [0.2, 0.25) is 5.02 Å². The fourth-order valence-electron chi connectivity index (χ4n) is 3.49. The summed E-state index contributed by atoms with van der Waals surface area (Å²) in [6.45, 7) is 8.12. The van der Waals surface area contributed by atoms with Crippen LogP contribution in [0.3, 0.4) is 0 Å². The van der Waals surface area contributed by atoms with Crippen molar-refractivity contribution in [1.29, 1.82) is 0 Å². The zero-order chi connectivity index (χ0) is 19.7. The van der Waals surface area contributed by atoms with Crippen LogP contribution in [0.4, 0.5) is 10.2 Å². The molecule has 2 aromatic heterocycles. The maximum absolute atomic E-state index is 13.2. The molecule has 1 aliphatic heterocycles. The SMILES string of the molecule is Cc1cc(C)n(-c2cncc(N3CCN(Cc4ccc(F)cc4Cl)CC3)n2)n1. The third-order valence-electron chi connectivity index (χ3n) is 4.94. The zero-order valence-corrected chi connectivity index (χ0v) is 16.7. The van der Waals surface area contributed by atoms with E-state index in [4.69, 9.17) is 16.6 Å². The summed E-state index contributed by atoms with van der Waals surface area (Å²) < 4.78 is 15.0. The van der Waals surface area contributed by atoms with Crippen molar-refractivity contribution in [2.24, 2.45) is 0 Å². The van der Waals surface area contributed by atoms with Crippen molar-refractivity contribution in [2.45, 2.75) is 20.4 Å².